The zero-order valence-electron chi connectivity index (χ0n) is 18.4. The van der Waals surface area contributed by atoms with Gasteiger partial charge in [-0.1, -0.05) is 30.3 Å². The summed E-state index contributed by atoms with van der Waals surface area (Å²) in [5, 5.41) is 3.60. The van der Waals surface area contributed by atoms with Crippen molar-refractivity contribution in [2.75, 3.05) is 6.54 Å². The van der Waals surface area contributed by atoms with Gasteiger partial charge in [-0.25, -0.2) is 4.98 Å². The van der Waals surface area contributed by atoms with E-state index in [1.54, 1.807) is 4.90 Å². The summed E-state index contributed by atoms with van der Waals surface area (Å²) in [5.41, 5.74) is 1.95. The van der Waals surface area contributed by atoms with Crippen molar-refractivity contribution in [1.29, 1.82) is 0 Å². The van der Waals surface area contributed by atoms with Crippen LogP contribution in [0.3, 0.4) is 0 Å². The molecule has 4 rings (SSSR count). The summed E-state index contributed by atoms with van der Waals surface area (Å²) in [6, 6.07) is 14.4. The molecule has 176 valence electrons. The minimum Gasteiger partial charge on any atom is -0.406 e. The fourth-order valence-electron chi connectivity index (χ4n) is 4.48. The van der Waals surface area contributed by atoms with Gasteiger partial charge in [-0.05, 0) is 50.3 Å². The minimum atomic E-state index is -4.78. The lowest BCUT2D eigenvalue weighted by atomic mass is 9.89. The SMILES string of the molecule is CCN(C(=O)c1nc2cc(OC(F)(F)F)ccc2[nH]1)[C@H]1CCC[C@@H](NCc2ccccc2)C1. The van der Waals surface area contributed by atoms with Gasteiger partial charge in [0.25, 0.3) is 5.91 Å². The van der Waals surface area contributed by atoms with E-state index in [1.807, 2.05) is 25.1 Å². The van der Waals surface area contributed by atoms with Crippen LogP contribution in [0, 0.1) is 0 Å². The molecule has 2 atom stereocenters. The summed E-state index contributed by atoms with van der Waals surface area (Å²) in [7, 11) is 0. The molecule has 1 aliphatic carbocycles. The van der Waals surface area contributed by atoms with Crippen LogP contribution in [-0.2, 0) is 6.54 Å². The number of imidazole rings is 1. The predicted octanol–water partition coefficient (Wildman–Crippen LogP) is 5.02. The molecular weight excluding hydrogens is 433 g/mol. The highest BCUT2D eigenvalue weighted by Crippen LogP contribution is 2.27. The molecule has 1 aromatic heterocycles. The van der Waals surface area contributed by atoms with E-state index in [0.717, 1.165) is 32.2 Å². The van der Waals surface area contributed by atoms with Gasteiger partial charge in [0, 0.05) is 31.2 Å². The molecule has 1 fully saturated rings. The second-order valence-electron chi connectivity index (χ2n) is 8.29. The first-order chi connectivity index (χ1) is 15.8. The molecule has 0 aliphatic heterocycles. The van der Waals surface area contributed by atoms with Crippen LogP contribution in [0.1, 0.15) is 48.8 Å². The summed E-state index contributed by atoms with van der Waals surface area (Å²) >= 11 is 0. The molecule has 1 amide bonds. The monoisotopic (exact) mass is 460 g/mol. The quantitative estimate of drug-likeness (QED) is 0.519. The Bertz CT molecular complexity index is 1080. The maximum Gasteiger partial charge on any atom is 0.573 e. The van der Waals surface area contributed by atoms with Gasteiger partial charge >= 0.3 is 6.36 Å². The Kier molecular flexibility index (Phi) is 6.88. The number of aromatic nitrogens is 2. The Hall–Kier alpha value is -3.07. The Labute approximate surface area is 190 Å². The van der Waals surface area contributed by atoms with Crippen molar-refractivity contribution in [2.24, 2.45) is 0 Å². The molecule has 2 N–H and O–H groups in total. The molecule has 0 unspecified atom stereocenters. The molecule has 0 spiro atoms. The summed E-state index contributed by atoms with van der Waals surface area (Å²) in [6.45, 7) is 3.23. The van der Waals surface area contributed by atoms with Crippen LogP contribution in [0.2, 0.25) is 0 Å². The number of hydrogen-bond donors (Lipinski definition) is 2. The zero-order valence-corrected chi connectivity index (χ0v) is 18.4. The molecule has 9 heteroatoms. The van der Waals surface area contributed by atoms with Gasteiger partial charge in [-0.2, -0.15) is 0 Å². The van der Waals surface area contributed by atoms with Gasteiger partial charge in [0.2, 0.25) is 0 Å². The highest BCUT2D eigenvalue weighted by molar-refractivity contribution is 5.94. The van der Waals surface area contributed by atoms with Crippen molar-refractivity contribution >= 4 is 16.9 Å². The molecular formula is C24H27F3N4O2. The largest absolute Gasteiger partial charge is 0.573 e. The number of carbonyl (C=O) groups excluding carboxylic acids is 1. The van der Waals surface area contributed by atoms with Crippen LogP contribution < -0.4 is 10.1 Å². The first-order valence-electron chi connectivity index (χ1n) is 11.2. The fraction of sp³-hybridized carbons (Fsp3) is 0.417. The van der Waals surface area contributed by atoms with E-state index in [4.69, 9.17) is 0 Å². The van der Waals surface area contributed by atoms with Crippen molar-refractivity contribution in [3.8, 4) is 5.75 Å². The molecule has 0 radical (unpaired) electrons. The van der Waals surface area contributed by atoms with E-state index in [2.05, 4.69) is 32.2 Å². The van der Waals surface area contributed by atoms with E-state index in [9.17, 15) is 18.0 Å². The van der Waals surface area contributed by atoms with Crippen LogP contribution in [0.25, 0.3) is 11.0 Å². The number of halogens is 3. The molecule has 33 heavy (non-hydrogen) atoms. The Morgan fingerprint density at radius 1 is 1.21 bits per heavy atom. The number of ether oxygens (including phenoxy) is 1. The Morgan fingerprint density at radius 3 is 2.73 bits per heavy atom. The number of amides is 1. The topological polar surface area (TPSA) is 70.2 Å². The first kappa shape index (κ1) is 23.1. The molecule has 2 aromatic carbocycles. The van der Waals surface area contributed by atoms with Crippen molar-refractivity contribution in [3.63, 3.8) is 0 Å². The van der Waals surface area contributed by atoms with Gasteiger partial charge in [0.15, 0.2) is 5.82 Å². The van der Waals surface area contributed by atoms with Crippen LogP contribution in [0.5, 0.6) is 5.75 Å². The van der Waals surface area contributed by atoms with E-state index >= 15 is 0 Å². The highest BCUT2D eigenvalue weighted by atomic mass is 19.4. The number of aromatic amines is 1. The molecule has 1 heterocycles. The summed E-state index contributed by atoms with van der Waals surface area (Å²) < 4.78 is 41.5. The molecule has 3 aromatic rings. The number of alkyl halides is 3. The third kappa shape index (κ3) is 5.84. The zero-order chi connectivity index (χ0) is 23.4. The number of nitrogens with zero attached hydrogens (tertiary/aromatic N) is 2. The summed E-state index contributed by atoms with van der Waals surface area (Å²) in [6.07, 6.45) is -0.961. The molecule has 0 bridgehead atoms. The standard InChI is InChI=1S/C24H27F3N4O2/c1-2-31(18-10-6-9-17(13-18)28-15-16-7-4-3-5-8-16)23(32)22-29-20-12-11-19(14-21(20)30-22)33-24(25,26)27/h3-5,7-8,11-12,14,17-18,28H,2,6,9-10,13,15H2,1H3,(H,29,30)/t17-,18+/m1/s1. The van der Waals surface area contributed by atoms with Gasteiger partial charge in [-0.3, -0.25) is 4.79 Å². The molecule has 1 aliphatic rings. The summed E-state index contributed by atoms with van der Waals surface area (Å²) in [5.74, 6) is -0.497. The van der Waals surface area contributed by atoms with Gasteiger partial charge in [-0.15, -0.1) is 13.2 Å². The summed E-state index contributed by atoms with van der Waals surface area (Å²) in [4.78, 5) is 22.2. The smallest absolute Gasteiger partial charge is 0.406 e. The molecule has 0 saturated heterocycles. The normalized spacial score (nSPS) is 18.9. The van der Waals surface area contributed by atoms with Crippen LogP contribution in [-0.4, -0.2) is 45.8 Å². The van der Waals surface area contributed by atoms with E-state index in [1.165, 1.54) is 23.8 Å². The lowest BCUT2D eigenvalue weighted by molar-refractivity contribution is -0.274. The maximum absolute atomic E-state index is 13.2. The first-order valence-corrected chi connectivity index (χ1v) is 11.2. The lowest BCUT2D eigenvalue weighted by Gasteiger charge is -2.37. The van der Waals surface area contributed by atoms with E-state index in [-0.39, 0.29) is 29.0 Å². The van der Waals surface area contributed by atoms with Crippen molar-refractivity contribution in [1.82, 2.24) is 20.2 Å². The third-order valence-electron chi connectivity index (χ3n) is 6.02. The highest BCUT2D eigenvalue weighted by Gasteiger charge is 2.32. The number of carbonyl (C=O) groups is 1. The minimum absolute atomic E-state index is 0.0712. The number of rotatable bonds is 7. The Morgan fingerprint density at radius 2 is 2.00 bits per heavy atom. The van der Waals surface area contributed by atoms with E-state index < -0.39 is 6.36 Å². The average Bonchev–Trinajstić information content (AvgIpc) is 3.21. The number of fused-ring (bicyclic) bond motifs is 1. The van der Waals surface area contributed by atoms with Crippen LogP contribution in [0.15, 0.2) is 48.5 Å². The lowest BCUT2D eigenvalue weighted by Crippen LogP contribution is -2.47. The Balaban J connectivity index is 1.44. The third-order valence-corrected chi connectivity index (χ3v) is 6.02. The number of benzene rings is 2. The number of nitrogens with one attached hydrogen (secondary N) is 2. The molecule has 1 saturated carbocycles. The number of H-pyrrole nitrogens is 1. The van der Waals surface area contributed by atoms with Gasteiger partial charge < -0.3 is 19.9 Å². The average molecular weight is 461 g/mol. The van der Waals surface area contributed by atoms with Gasteiger partial charge in [0.1, 0.15) is 5.75 Å². The second-order valence-corrected chi connectivity index (χ2v) is 8.29. The maximum atomic E-state index is 13.2. The molecule has 6 nitrogen and oxygen atoms in total. The van der Waals surface area contributed by atoms with Crippen molar-refractivity contribution < 1.29 is 22.7 Å². The van der Waals surface area contributed by atoms with Crippen LogP contribution >= 0.6 is 0 Å². The van der Waals surface area contributed by atoms with Gasteiger partial charge in [0.05, 0.1) is 11.0 Å². The predicted molar refractivity (Wildman–Crippen MR) is 119 cm³/mol. The van der Waals surface area contributed by atoms with Crippen LogP contribution in [0.4, 0.5) is 13.2 Å². The fourth-order valence-corrected chi connectivity index (χ4v) is 4.48. The van der Waals surface area contributed by atoms with E-state index in [0.29, 0.717) is 18.1 Å². The van der Waals surface area contributed by atoms with Crippen molar-refractivity contribution in [2.45, 2.75) is 57.6 Å². The second kappa shape index (κ2) is 9.82. The van der Waals surface area contributed by atoms with Crippen molar-refractivity contribution in [3.05, 3.63) is 59.9 Å². The number of hydrogen-bond acceptors (Lipinski definition) is 4.